The molecule has 2 N–H and O–H groups in total. The number of rotatable bonds is 5. The maximum atomic E-state index is 14.6. The number of hydrogen-bond donors (Lipinski definition) is 2. The minimum Gasteiger partial charge on any atom is -0.497 e. The van der Waals surface area contributed by atoms with Crippen LogP contribution in [0.25, 0.3) is 22.3 Å². The number of hydrogen-bond acceptors (Lipinski definition) is 4. The monoisotopic (exact) mass is 419 g/mol. The van der Waals surface area contributed by atoms with Crippen molar-refractivity contribution in [1.82, 2.24) is 25.1 Å². The minimum atomic E-state index is -0.684. The van der Waals surface area contributed by atoms with E-state index in [1.54, 1.807) is 22.9 Å². The highest BCUT2D eigenvalue weighted by Gasteiger charge is 2.47. The van der Waals surface area contributed by atoms with Crippen LogP contribution in [0.4, 0.5) is 4.39 Å². The summed E-state index contributed by atoms with van der Waals surface area (Å²) in [5.74, 6) is -0.183. The molecule has 158 valence electrons. The van der Waals surface area contributed by atoms with E-state index in [9.17, 15) is 9.18 Å². The third-order valence-electron chi connectivity index (χ3n) is 6.01. The third-order valence-corrected chi connectivity index (χ3v) is 6.01. The molecule has 1 saturated carbocycles. The van der Waals surface area contributed by atoms with E-state index in [0.717, 1.165) is 22.3 Å². The van der Waals surface area contributed by atoms with Gasteiger partial charge in [0.2, 0.25) is 0 Å². The second-order valence-corrected chi connectivity index (χ2v) is 7.99. The van der Waals surface area contributed by atoms with E-state index < -0.39 is 5.54 Å². The zero-order valence-corrected chi connectivity index (χ0v) is 17.5. The fourth-order valence-electron chi connectivity index (χ4n) is 4.05. The topological polar surface area (TPSA) is 84.8 Å². The Hall–Kier alpha value is -3.68. The highest BCUT2D eigenvalue weighted by atomic mass is 19.1. The number of pyridine rings is 1. The number of aromatic amines is 1. The summed E-state index contributed by atoms with van der Waals surface area (Å²) in [6.45, 7) is 1.94. The van der Waals surface area contributed by atoms with E-state index in [4.69, 9.17) is 9.72 Å². The molecule has 0 unspecified atom stereocenters. The van der Waals surface area contributed by atoms with Gasteiger partial charge >= 0.3 is 0 Å². The van der Waals surface area contributed by atoms with Crippen molar-refractivity contribution in [2.24, 2.45) is 7.05 Å². The lowest BCUT2D eigenvalue weighted by Crippen LogP contribution is -2.36. The van der Waals surface area contributed by atoms with Crippen molar-refractivity contribution in [2.75, 3.05) is 7.11 Å². The van der Waals surface area contributed by atoms with Crippen LogP contribution in [0.1, 0.15) is 34.6 Å². The Morgan fingerprint density at radius 1 is 1.26 bits per heavy atom. The maximum absolute atomic E-state index is 14.6. The van der Waals surface area contributed by atoms with Gasteiger partial charge in [-0.15, -0.1) is 0 Å². The van der Waals surface area contributed by atoms with Crippen molar-refractivity contribution in [1.29, 1.82) is 0 Å². The van der Waals surface area contributed by atoms with Gasteiger partial charge in [-0.25, -0.2) is 9.37 Å². The zero-order chi connectivity index (χ0) is 21.8. The molecule has 1 fully saturated rings. The van der Waals surface area contributed by atoms with Crippen LogP contribution in [-0.4, -0.2) is 32.8 Å². The van der Waals surface area contributed by atoms with Crippen molar-refractivity contribution in [3.05, 3.63) is 65.4 Å². The fraction of sp³-hybridized carbons (Fsp3) is 0.261. The molecule has 1 amide bonds. The summed E-state index contributed by atoms with van der Waals surface area (Å²) in [5, 5.41) is 10.9. The molecule has 0 bridgehead atoms. The van der Waals surface area contributed by atoms with Crippen LogP contribution in [0.2, 0.25) is 0 Å². The molecular weight excluding hydrogens is 397 g/mol. The van der Waals surface area contributed by atoms with Gasteiger partial charge in [-0.05, 0) is 44.0 Å². The lowest BCUT2D eigenvalue weighted by Gasteiger charge is -2.19. The van der Waals surface area contributed by atoms with E-state index in [0.29, 0.717) is 35.5 Å². The van der Waals surface area contributed by atoms with Gasteiger partial charge in [0.15, 0.2) is 0 Å². The second kappa shape index (κ2) is 6.94. The van der Waals surface area contributed by atoms with Crippen LogP contribution < -0.4 is 10.1 Å². The number of carbonyl (C=O) groups is 1. The number of halogens is 1. The van der Waals surface area contributed by atoms with Crippen molar-refractivity contribution in [3.63, 3.8) is 0 Å². The number of fused-ring (bicyclic) bond motifs is 1. The summed E-state index contributed by atoms with van der Waals surface area (Å²) >= 11 is 0. The summed E-state index contributed by atoms with van der Waals surface area (Å²) in [7, 11) is 3.31. The molecule has 1 aromatic carbocycles. The Kier molecular flexibility index (Phi) is 4.32. The molecule has 7 nitrogen and oxygen atoms in total. The van der Waals surface area contributed by atoms with Gasteiger partial charge in [0.25, 0.3) is 5.91 Å². The van der Waals surface area contributed by atoms with Crippen molar-refractivity contribution in [2.45, 2.75) is 25.3 Å². The van der Waals surface area contributed by atoms with Gasteiger partial charge in [0, 0.05) is 35.3 Å². The number of aryl methyl sites for hydroxylation is 2. The number of carbonyl (C=O) groups excluding carboxylic acids is 1. The van der Waals surface area contributed by atoms with E-state index in [-0.39, 0.29) is 11.7 Å². The number of methoxy groups -OCH3 is 1. The lowest BCUT2D eigenvalue weighted by molar-refractivity contribution is 0.0922. The number of aromatic nitrogens is 4. The van der Waals surface area contributed by atoms with Gasteiger partial charge in [-0.2, -0.15) is 5.10 Å². The maximum Gasteiger partial charge on any atom is 0.268 e. The van der Waals surface area contributed by atoms with E-state index in [2.05, 4.69) is 15.5 Å². The van der Waals surface area contributed by atoms with Gasteiger partial charge in [0.1, 0.15) is 22.9 Å². The molecule has 0 aliphatic heterocycles. The number of nitrogens with zero attached hydrogens (tertiary/aromatic N) is 3. The smallest absolute Gasteiger partial charge is 0.268 e. The van der Waals surface area contributed by atoms with Crippen molar-refractivity contribution < 1.29 is 13.9 Å². The van der Waals surface area contributed by atoms with E-state index in [1.165, 1.54) is 13.2 Å². The first kappa shape index (κ1) is 19.3. The number of benzene rings is 1. The largest absolute Gasteiger partial charge is 0.497 e. The molecule has 1 aliphatic rings. The average molecular weight is 419 g/mol. The molecule has 1 aliphatic carbocycles. The third kappa shape index (κ3) is 3.15. The first-order valence-corrected chi connectivity index (χ1v) is 10.1. The molecule has 3 heterocycles. The molecule has 3 aromatic heterocycles. The first-order chi connectivity index (χ1) is 14.9. The van der Waals surface area contributed by atoms with Gasteiger partial charge < -0.3 is 14.6 Å². The number of amides is 1. The van der Waals surface area contributed by atoms with E-state index in [1.807, 2.05) is 32.2 Å². The summed E-state index contributed by atoms with van der Waals surface area (Å²) in [6.07, 6.45) is 3.11. The minimum absolute atomic E-state index is 0.255. The molecule has 5 rings (SSSR count). The van der Waals surface area contributed by atoms with Crippen molar-refractivity contribution in [3.8, 4) is 17.0 Å². The van der Waals surface area contributed by atoms with Crippen LogP contribution in [0.3, 0.4) is 0 Å². The molecule has 0 atom stereocenters. The van der Waals surface area contributed by atoms with Crippen LogP contribution in [0.5, 0.6) is 5.75 Å². The Labute approximate surface area is 178 Å². The molecule has 0 radical (unpaired) electrons. The summed E-state index contributed by atoms with van der Waals surface area (Å²) in [4.78, 5) is 17.9. The zero-order valence-electron chi connectivity index (χ0n) is 17.5. The van der Waals surface area contributed by atoms with E-state index >= 15 is 0 Å². The average Bonchev–Trinajstić information content (AvgIpc) is 3.27. The van der Waals surface area contributed by atoms with Crippen LogP contribution >= 0.6 is 0 Å². The first-order valence-electron chi connectivity index (χ1n) is 10.1. The van der Waals surface area contributed by atoms with Crippen LogP contribution in [0.15, 0.2) is 42.6 Å². The molecule has 0 spiro atoms. The molecular formula is C23H22FN5O2. The standard InChI is InChI=1S/C23H22FN5O2/c1-13-16(12-25-28-13)19-7-4-14-10-20(29(2)21(14)26-19)22(30)27-23(8-9-23)17-6-5-15(31-3)11-18(17)24/h4-7,10-12H,8-9H2,1-3H3,(H,25,28)(H,27,30). The van der Waals surface area contributed by atoms with Gasteiger partial charge in [-0.1, -0.05) is 6.07 Å². The van der Waals surface area contributed by atoms with Gasteiger partial charge in [0.05, 0.1) is 24.5 Å². The fourth-order valence-corrected chi connectivity index (χ4v) is 4.05. The summed E-state index contributed by atoms with van der Waals surface area (Å²) < 4.78 is 21.5. The summed E-state index contributed by atoms with van der Waals surface area (Å²) in [5.41, 5.74) is 3.60. The SMILES string of the molecule is COc1ccc(C2(NC(=O)c3cc4ccc(-c5cn[nH]c5C)nc4n3C)CC2)c(F)c1. The highest BCUT2D eigenvalue weighted by Crippen LogP contribution is 2.47. The number of H-pyrrole nitrogens is 1. The molecule has 8 heteroatoms. The summed E-state index contributed by atoms with van der Waals surface area (Å²) in [6, 6.07) is 10.4. The lowest BCUT2D eigenvalue weighted by atomic mass is 10.0. The predicted octanol–water partition coefficient (Wildman–Crippen LogP) is 3.84. The Morgan fingerprint density at radius 2 is 2.06 bits per heavy atom. The molecule has 0 saturated heterocycles. The highest BCUT2D eigenvalue weighted by molar-refractivity contribution is 5.99. The Bertz CT molecular complexity index is 1320. The van der Waals surface area contributed by atoms with Crippen LogP contribution in [-0.2, 0) is 12.6 Å². The number of nitrogens with one attached hydrogen (secondary N) is 2. The Morgan fingerprint density at radius 3 is 2.71 bits per heavy atom. The quantitative estimate of drug-likeness (QED) is 0.515. The normalized spacial score (nSPS) is 14.6. The number of ether oxygens (including phenoxy) is 1. The molecule has 31 heavy (non-hydrogen) atoms. The van der Waals surface area contributed by atoms with Crippen molar-refractivity contribution >= 4 is 16.9 Å². The second-order valence-electron chi connectivity index (χ2n) is 7.99. The molecule has 4 aromatic rings. The Balaban J connectivity index is 1.46. The van der Waals surface area contributed by atoms with Crippen LogP contribution in [0, 0.1) is 12.7 Å². The van der Waals surface area contributed by atoms with Gasteiger partial charge in [-0.3, -0.25) is 9.89 Å². The predicted molar refractivity (Wildman–Crippen MR) is 114 cm³/mol.